The third kappa shape index (κ3) is 4.48. The lowest BCUT2D eigenvalue weighted by Crippen LogP contribution is -2.33. The highest BCUT2D eigenvalue weighted by Gasteiger charge is 2.30. The minimum atomic E-state index is -0.480. The molecule has 6 heteroatoms. The first-order valence-corrected chi connectivity index (χ1v) is 8.22. The molecule has 2 aromatic carbocycles. The SMILES string of the molecule is CC1CN(C(=O)Nc2cccc(OCc3cccc(F)c3)c2)CC1O. The number of ether oxygens (including phenoxy) is 1. The average Bonchev–Trinajstić information content (AvgIpc) is 2.93. The molecule has 3 rings (SSSR count). The number of amides is 2. The van der Waals surface area contributed by atoms with Crippen LogP contribution in [0.1, 0.15) is 12.5 Å². The summed E-state index contributed by atoms with van der Waals surface area (Å²) in [5.41, 5.74) is 1.34. The number of carbonyl (C=O) groups is 1. The second kappa shape index (κ2) is 7.53. The second-order valence-electron chi connectivity index (χ2n) is 6.33. The van der Waals surface area contributed by atoms with Crippen LogP contribution in [0.3, 0.4) is 0 Å². The minimum Gasteiger partial charge on any atom is -0.489 e. The van der Waals surface area contributed by atoms with Crippen LogP contribution in [0.2, 0.25) is 0 Å². The molecule has 2 unspecified atom stereocenters. The van der Waals surface area contributed by atoms with Gasteiger partial charge in [-0.1, -0.05) is 25.1 Å². The molecule has 1 aliphatic heterocycles. The Kier molecular flexibility index (Phi) is 5.19. The summed E-state index contributed by atoms with van der Waals surface area (Å²) in [5.74, 6) is 0.354. The van der Waals surface area contributed by atoms with Crippen molar-refractivity contribution in [1.82, 2.24) is 4.90 Å². The molecule has 1 saturated heterocycles. The zero-order chi connectivity index (χ0) is 17.8. The van der Waals surface area contributed by atoms with Gasteiger partial charge in [-0.15, -0.1) is 0 Å². The van der Waals surface area contributed by atoms with Crippen LogP contribution in [0.4, 0.5) is 14.9 Å². The summed E-state index contributed by atoms with van der Waals surface area (Å²) in [6.45, 7) is 3.02. The maximum Gasteiger partial charge on any atom is 0.321 e. The Morgan fingerprint density at radius 2 is 2.08 bits per heavy atom. The van der Waals surface area contributed by atoms with Gasteiger partial charge < -0.3 is 20.1 Å². The molecule has 2 N–H and O–H groups in total. The molecule has 0 radical (unpaired) electrons. The normalized spacial score (nSPS) is 19.7. The van der Waals surface area contributed by atoms with Crippen LogP contribution in [0.25, 0.3) is 0 Å². The average molecular weight is 344 g/mol. The Balaban J connectivity index is 1.58. The van der Waals surface area contributed by atoms with Gasteiger partial charge in [-0.25, -0.2) is 9.18 Å². The van der Waals surface area contributed by atoms with Crippen LogP contribution >= 0.6 is 0 Å². The first-order valence-electron chi connectivity index (χ1n) is 8.22. The Morgan fingerprint density at radius 1 is 1.28 bits per heavy atom. The van der Waals surface area contributed by atoms with Gasteiger partial charge in [0.15, 0.2) is 0 Å². The quantitative estimate of drug-likeness (QED) is 0.895. The maximum atomic E-state index is 13.2. The molecule has 2 atom stereocenters. The number of urea groups is 1. The first kappa shape index (κ1) is 17.2. The number of anilines is 1. The van der Waals surface area contributed by atoms with E-state index in [1.54, 1.807) is 41.3 Å². The van der Waals surface area contributed by atoms with Crippen molar-refractivity contribution >= 4 is 11.7 Å². The van der Waals surface area contributed by atoms with Crippen LogP contribution < -0.4 is 10.1 Å². The van der Waals surface area contributed by atoms with Crippen molar-refractivity contribution in [1.29, 1.82) is 0 Å². The lowest BCUT2D eigenvalue weighted by atomic mass is 10.1. The van der Waals surface area contributed by atoms with Gasteiger partial charge >= 0.3 is 6.03 Å². The van der Waals surface area contributed by atoms with Crippen molar-refractivity contribution in [3.05, 3.63) is 59.9 Å². The van der Waals surface area contributed by atoms with Gasteiger partial charge in [-0.05, 0) is 29.8 Å². The number of rotatable bonds is 4. The number of halogens is 1. The van der Waals surface area contributed by atoms with Crippen molar-refractivity contribution in [3.8, 4) is 5.75 Å². The smallest absolute Gasteiger partial charge is 0.321 e. The van der Waals surface area contributed by atoms with Gasteiger partial charge in [0, 0.05) is 30.8 Å². The highest BCUT2D eigenvalue weighted by molar-refractivity contribution is 5.89. The summed E-state index contributed by atoms with van der Waals surface area (Å²) in [7, 11) is 0. The van der Waals surface area contributed by atoms with E-state index in [1.165, 1.54) is 12.1 Å². The predicted octanol–water partition coefficient (Wildman–Crippen LogP) is 3.25. The molecule has 0 bridgehead atoms. The third-order valence-corrected chi connectivity index (χ3v) is 4.24. The molecular weight excluding hydrogens is 323 g/mol. The number of nitrogens with zero attached hydrogens (tertiary/aromatic N) is 1. The topological polar surface area (TPSA) is 61.8 Å². The summed E-state index contributed by atoms with van der Waals surface area (Å²) in [5, 5.41) is 12.6. The Morgan fingerprint density at radius 3 is 2.80 bits per heavy atom. The highest BCUT2D eigenvalue weighted by Crippen LogP contribution is 2.21. The summed E-state index contributed by atoms with van der Waals surface area (Å²) < 4.78 is 18.8. The molecule has 1 fully saturated rings. The van der Waals surface area contributed by atoms with E-state index < -0.39 is 6.10 Å². The molecule has 132 valence electrons. The molecule has 0 spiro atoms. The number of likely N-dealkylation sites (tertiary alicyclic amines) is 1. The van der Waals surface area contributed by atoms with Crippen LogP contribution in [0, 0.1) is 11.7 Å². The molecule has 0 aliphatic carbocycles. The van der Waals surface area contributed by atoms with Gasteiger partial charge in [0.1, 0.15) is 18.2 Å². The van der Waals surface area contributed by atoms with E-state index in [9.17, 15) is 14.3 Å². The number of nitrogens with one attached hydrogen (secondary N) is 1. The summed E-state index contributed by atoms with van der Waals surface area (Å²) in [6, 6.07) is 13.0. The van der Waals surface area contributed by atoms with Gasteiger partial charge in [-0.2, -0.15) is 0 Å². The number of β-amino-alcohol motifs (C(OH)–C–C–N with tert-alkyl or cyclic N) is 1. The molecule has 0 saturated carbocycles. The Bertz CT molecular complexity index is 743. The molecule has 0 aromatic heterocycles. The summed E-state index contributed by atoms with van der Waals surface area (Å²) >= 11 is 0. The highest BCUT2D eigenvalue weighted by atomic mass is 19.1. The van der Waals surface area contributed by atoms with Crippen molar-refractivity contribution in [2.75, 3.05) is 18.4 Å². The van der Waals surface area contributed by atoms with E-state index in [-0.39, 0.29) is 24.4 Å². The third-order valence-electron chi connectivity index (χ3n) is 4.24. The Hall–Kier alpha value is -2.60. The van der Waals surface area contributed by atoms with Gasteiger partial charge in [0.25, 0.3) is 0 Å². The maximum absolute atomic E-state index is 13.2. The van der Waals surface area contributed by atoms with E-state index >= 15 is 0 Å². The first-order chi connectivity index (χ1) is 12.0. The van der Waals surface area contributed by atoms with Crippen LogP contribution in [0.15, 0.2) is 48.5 Å². The minimum absolute atomic E-state index is 0.0756. The number of benzene rings is 2. The second-order valence-corrected chi connectivity index (χ2v) is 6.33. The van der Waals surface area contributed by atoms with Crippen molar-refractivity contribution < 1.29 is 19.0 Å². The summed E-state index contributed by atoms with van der Waals surface area (Å²) in [6.07, 6.45) is -0.480. The molecule has 1 heterocycles. The van der Waals surface area contributed by atoms with E-state index in [2.05, 4.69) is 5.32 Å². The largest absolute Gasteiger partial charge is 0.489 e. The lowest BCUT2D eigenvalue weighted by molar-refractivity contribution is 0.150. The number of aliphatic hydroxyl groups is 1. The molecule has 2 aromatic rings. The van der Waals surface area contributed by atoms with Gasteiger partial charge in [0.2, 0.25) is 0 Å². The van der Waals surface area contributed by atoms with E-state index in [4.69, 9.17) is 4.74 Å². The number of hydrogen-bond donors (Lipinski definition) is 2. The van der Waals surface area contributed by atoms with E-state index in [1.807, 2.05) is 6.92 Å². The van der Waals surface area contributed by atoms with E-state index in [0.29, 0.717) is 24.5 Å². The van der Waals surface area contributed by atoms with Crippen LogP contribution in [-0.2, 0) is 6.61 Å². The van der Waals surface area contributed by atoms with Crippen LogP contribution in [-0.4, -0.2) is 35.2 Å². The molecule has 25 heavy (non-hydrogen) atoms. The monoisotopic (exact) mass is 344 g/mol. The van der Waals surface area contributed by atoms with Crippen molar-refractivity contribution in [2.45, 2.75) is 19.6 Å². The predicted molar refractivity (Wildman–Crippen MR) is 92.9 cm³/mol. The molecule has 2 amide bonds. The van der Waals surface area contributed by atoms with Gasteiger partial charge in [-0.3, -0.25) is 0 Å². The lowest BCUT2D eigenvalue weighted by Gasteiger charge is -2.17. The van der Waals surface area contributed by atoms with Crippen molar-refractivity contribution in [3.63, 3.8) is 0 Å². The Labute approximate surface area is 146 Å². The fourth-order valence-corrected chi connectivity index (χ4v) is 2.77. The molecular formula is C19H21FN2O3. The molecule has 5 nitrogen and oxygen atoms in total. The number of hydrogen-bond acceptors (Lipinski definition) is 3. The fraction of sp³-hybridized carbons (Fsp3) is 0.316. The standard InChI is InChI=1S/C19H21FN2O3/c1-13-10-22(11-18(13)23)19(24)21-16-6-3-7-17(9-16)25-12-14-4-2-5-15(20)8-14/h2-9,13,18,23H,10-12H2,1H3,(H,21,24). The number of aliphatic hydroxyl groups excluding tert-OH is 1. The summed E-state index contributed by atoms with van der Waals surface area (Å²) in [4.78, 5) is 13.8. The fourth-order valence-electron chi connectivity index (χ4n) is 2.77. The van der Waals surface area contributed by atoms with Crippen LogP contribution in [0.5, 0.6) is 5.75 Å². The van der Waals surface area contributed by atoms with Gasteiger partial charge in [0.05, 0.1) is 6.10 Å². The van der Waals surface area contributed by atoms with E-state index in [0.717, 1.165) is 5.56 Å². The zero-order valence-electron chi connectivity index (χ0n) is 14.0. The zero-order valence-corrected chi connectivity index (χ0v) is 14.0. The molecule has 1 aliphatic rings. The number of carbonyl (C=O) groups excluding carboxylic acids is 1. The van der Waals surface area contributed by atoms with Crippen molar-refractivity contribution in [2.24, 2.45) is 5.92 Å².